The highest BCUT2D eigenvalue weighted by Crippen LogP contribution is 2.68. The van der Waals surface area contributed by atoms with Crippen molar-refractivity contribution in [1.82, 2.24) is 10.2 Å². The third kappa shape index (κ3) is 8.94. The molecule has 0 spiro atoms. The number of esters is 1. The normalized spacial score (nSPS) is 36.5. The molecule has 4 aliphatic carbocycles. The fourth-order valence-electron chi connectivity index (χ4n) is 12.3. The van der Waals surface area contributed by atoms with Crippen LogP contribution in [0, 0.1) is 64.6 Å². The Morgan fingerprint density at radius 1 is 1.09 bits per heavy atom. The van der Waals surface area contributed by atoms with Crippen LogP contribution in [0.5, 0.6) is 0 Å². The first kappa shape index (κ1) is 43.5. The summed E-state index contributed by atoms with van der Waals surface area (Å²) in [7, 11) is 0. The van der Waals surface area contributed by atoms with E-state index < -0.39 is 17.9 Å². The molecule has 3 N–H and O–H groups in total. The van der Waals surface area contributed by atoms with Gasteiger partial charge in [-0.1, -0.05) is 25.9 Å². The second-order valence-electron chi connectivity index (χ2n) is 18.4. The molecule has 4 saturated carbocycles. The number of hydrogen-bond acceptors (Lipinski definition) is 10. The molecule has 0 aromatic heterocycles. The molecule has 13 nitrogen and oxygen atoms in total. The van der Waals surface area contributed by atoms with E-state index in [9.17, 15) is 29.4 Å². The first-order valence-electron chi connectivity index (χ1n) is 21.2. The molecule has 2 aliphatic heterocycles. The summed E-state index contributed by atoms with van der Waals surface area (Å²) >= 11 is 1.53. The van der Waals surface area contributed by atoms with Crippen LogP contribution >= 0.6 is 11.8 Å². The highest BCUT2D eigenvalue weighted by molar-refractivity contribution is 8.00. The first-order chi connectivity index (χ1) is 27.2. The van der Waals surface area contributed by atoms with Gasteiger partial charge in [-0.25, -0.2) is 0 Å². The fraction of sp³-hybridized carbons (Fsp3) is 0.814. The largest absolute Gasteiger partial charge is 0.463 e. The van der Waals surface area contributed by atoms with Gasteiger partial charge >= 0.3 is 5.97 Å². The SMILES string of the molecule is C#CCC(CC(=O)OCCOCCN=[N+]=[N-])CC(=O)C1=C(C)CSC2C(NC(=O)CCC(C)C3CCC4C5C(O)CC6CC(O)CCC6(C)C5CCC34C)C(=O)N12. The Hall–Kier alpha value is -3.08. The van der Waals surface area contributed by atoms with Crippen molar-refractivity contribution in [3.05, 3.63) is 21.7 Å². The molecule has 1 saturated heterocycles. The van der Waals surface area contributed by atoms with Crippen molar-refractivity contribution in [3.63, 3.8) is 0 Å². The van der Waals surface area contributed by atoms with E-state index in [1.54, 1.807) is 0 Å². The molecule has 0 bridgehead atoms. The number of amides is 2. The minimum Gasteiger partial charge on any atom is -0.463 e. The van der Waals surface area contributed by atoms with E-state index in [1.807, 2.05) is 6.92 Å². The molecule has 0 aromatic rings. The Labute approximate surface area is 341 Å². The van der Waals surface area contributed by atoms with Crippen LogP contribution in [0.4, 0.5) is 0 Å². The van der Waals surface area contributed by atoms with Gasteiger partial charge < -0.3 is 25.0 Å². The minimum absolute atomic E-state index is 0.0168. The van der Waals surface area contributed by atoms with Crippen molar-refractivity contribution >= 4 is 35.3 Å². The highest BCUT2D eigenvalue weighted by Gasteiger charge is 2.63. The number of hydrogen-bond donors (Lipinski definition) is 3. The van der Waals surface area contributed by atoms with Gasteiger partial charge in [0.05, 0.1) is 31.1 Å². The maximum Gasteiger partial charge on any atom is 0.306 e. The highest BCUT2D eigenvalue weighted by atomic mass is 32.2. The van der Waals surface area contributed by atoms with Gasteiger partial charge in [-0.15, -0.1) is 24.1 Å². The second-order valence-corrected chi connectivity index (χ2v) is 19.6. The number of azide groups is 1. The average Bonchev–Trinajstić information content (AvgIpc) is 3.53. The maximum atomic E-state index is 13.7. The number of terminal acetylenes is 1. The van der Waals surface area contributed by atoms with Crippen LogP contribution in [0.1, 0.15) is 111 Å². The summed E-state index contributed by atoms with van der Waals surface area (Å²) in [5, 5.41) is 28.0. The summed E-state index contributed by atoms with van der Waals surface area (Å²) in [6.45, 7) is 9.54. The number of nitrogens with zero attached hydrogens (tertiary/aromatic N) is 4. The lowest BCUT2D eigenvalue weighted by Crippen LogP contribution is -2.70. The molecule has 6 rings (SSSR count). The predicted molar refractivity (Wildman–Crippen MR) is 216 cm³/mol. The zero-order valence-electron chi connectivity index (χ0n) is 34.2. The Morgan fingerprint density at radius 3 is 2.60 bits per heavy atom. The lowest BCUT2D eigenvalue weighted by atomic mass is 9.43. The van der Waals surface area contributed by atoms with Crippen LogP contribution in [0.2, 0.25) is 0 Å². The molecule has 14 heteroatoms. The molecule has 2 amide bonds. The van der Waals surface area contributed by atoms with E-state index in [0.717, 1.165) is 63.4 Å². The first-order valence-corrected chi connectivity index (χ1v) is 22.3. The quantitative estimate of drug-likeness (QED) is 0.0304. The number of ether oxygens (including phenoxy) is 2. The number of allylic oxidation sites excluding steroid dienone is 1. The molecular formula is C43H63N5O8S. The summed E-state index contributed by atoms with van der Waals surface area (Å²) in [5.41, 5.74) is 9.73. The maximum absolute atomic E-state index is 13.7. The standard InChI is InChI=1S/C43H63N5O8S/c1-6-7-27(21-36(53)56-19-18-55-17-16-45-47-44)20-34(51)39-26(3)24-57-41-38(40(54)48(39)41)46-35(52)11-8-25(2)30-9-10-31-37-32(13-15-43(30,31)5)42(4)14-12-29(49)22-28(42)23-33(37)50/h1,25,27-33,37-38,41,49-50H,7-24H2,2-5H3,(H,46,52). The number of carbonyl (C=O) groups excluding carboxylic acids is 4. The minimum atomic E-state index is -0.707. The van der Waals surface area contributed by atoms with E-state index in [0.29, 0.717) is 53.4 Å². The summed E-state index contributed by atoms with van der Waals surface area (Å²) in [6, 6.07) is -0.707. The smallest absolute Gasteiger partial charge is 0.306 e. The van der Waals surface area contributed by atoms with Gasteiger partial charge in [0.1, 0.15) is 18.0 Å². The van der Waals surface area contributed by atoms with Gasteiger partial charge in [0.2, 0.25) is 5.91 Å². The summed E-state index contributed by atoms with van der Waals surface area (Å²) < 4.78 is 10.5. The van der Waals surface area contributed by atoms with Crippen molar-refractivity contribution in [2.45, 2.75) is 135 Å². The van der Waals surface area contributed by atoms with Gasteiger partial charge in [-0.05, 0) is 128 Å². The fourth-order valence-corrected chi connectivity index (χ4v) is 13.6. The lowest BCUT2D eigenvalue weighted by Gasteiger charge is -2.62. The lowest BCUT2D eigenvalue weighted by molar-refractivity contribution is -0.174. The summed E-state index contributed by atoms with van der Waals surface area (Å²) in [4.78, 5) is 57.3. The number of nitrogens with one attached hydrogen (secondary N) is 1. The van der Waals surface area contributed by atoms with E-state index in [2.05, 4.69) is 42.0 Å². The molecule has 6 aliphatic rings. The van der Waals surface area contributed by atoms with E-state index in [4.69, 9.17) is 21.4 Å². The molecule has 314 valence electrons. The number of rotatable bonds is 17. The Bertz CT molecular complexity index is 1660. The second kappa shape index (κ2) is 18.5. The zero-order valence-corrected chi connectivity index (χ0v) is 35.0. The Balaban J connectivity index is 0.980. The van der Waals surface area contributed by atoms with Crippen LogP contribution in [-0.4, -0.2) is 94.4 Å². The van der Waals surface area contributed by atoms with E-state index >= 15 is 0 Å². The monoisotopic (exact) mass is 809 g/mol. The molecule has 0 radical (unpaired) electrons. The van der Waals surface area contributed by atoms with Crippen molar-refractivity contribution < 1.29 is 38.9 Å². The number of carbonyl (C=O) groups is 4. The topological polar surface area (TPSA) is 191 Å². The van der Waals surface area contributed by atoms with Crippen molar-refractivity contribution in [2.75, 3.05) is 32.1 Å². The average molecular weight is 810 g/mol. The number of aliphatic hydroxyl groups excluding tert-OH is 2. The van der Waals surface area contributed by atoms with Crippen LogP contribution < -0.4 is 5.32 Å². The predicted octanol–water partition coefficient (Wildman–Crippen LogP) is 5.93. The van der Waals surface area contributed by atoms with Crippen molar-refractivity contribution in [2.24, 2.45) is 57.4 Å². The molecule has 0 aromatic carbocycles. The van der Waals surface area contributed by atoms with Crippen LogP contribution in [0.25, 0.3) is 10.4 Å². The van der Waals surface area contributed by atoms with Gasteiger partial charge in [0.25, 0.3) is 5.91 Å². The van der Waals surface area contributed by atoms with Gasteiger partial charge in [0, 0.05) is 42.9 Å². The number of β-lactam (4-membered cyclic amide) rings is 1. The number of ketones is 1. The van der Waals surface area contributed by atoms with E-state index in [-0.39, 0.29) is 91.6 Å². The van der Waals surface area contributed by atoms with Gasteiger partial charge in [0.15, 0.2) is 5.78 Å². The summed E-state index contributed by atoms with van der Waals surface area (Å²) in [5.74, 6) is 3.84. The molecule has 13 unspecified atom stereocenters. The van der Waals surface area contributed by atoms with E-state index in [1.165, 1.54) is 16.7 Å². The Kier molecular flexibility index (Phi) is 14.1. The molecular weight excluding hydrogens is 747 g/mol. The third-order valence-electron chi connectivity index (χ3n) is 15.2. The zero-order chi connectivity index (χ0) is 41.1. The number of aliphatic hydroxyl groups is 2. The number of Topliss-reactive ketones (excluding diaryl/α,β-unsaturated/α-hetero) is 1. The Morgan fingerprint density at radius 2 is 1.84 bits per heavy atom. The van der Waals surface area contributed by atoms with Crippen molar-refractivity contribution in [1.29, 1.82) is 0 Å². The number of thioether (sulfide) groups is 1. The van der Waals surface area contributed by atoms with Crippen molar-refractivity contribution in [3.8, 4) is 12.3 Å². The summed E-state index contributed by atoms with van der Waals surface area (Å²) in [6.07, 6.45) is 14.2. The number of fused-ring (bicyclic) bond motifs is 6. The third-order valence-corrected chi connectivity index (χ3v) is 16.6. The molecule has 13 atom stereocenters. The molecule has 5 fully saturated rings. The molecule has 2 heterocycles. The molecule has 57 heavy (non-hydrogen) atoms. The van der Waals surface area contributed by atoms with Gasteiger partial charge in [-0.3, -0.25) is 24.1 Å². The van der Waals surface area contributed by atoms with Crippen LogP contribution in [0.15, 0.2) is 16.4 Å². The van der Waals surface area contributed by atoms with Crippen LogP contribution in [-0.2, 0) is 28.7 Å². The van der Waals surface area contributed by atoms with Gasteiger partial charge in [-0.2, -0.15) is 0 Å². The van der Waals surface area contributed by atoms with Crippen LogP contribution in [0.3, 0.4) is 0 Å².